The van der Waals surface area contributed by atoms with Crippen LogP contribution < -0.4 is 10.0 Å². The number of aryl methyl sites for hydroxylation is 1. The van der Waals surface area contributed by atoms with Crippen LogP contribution in [0.1, 0.15) is 36.8 Å². The van der Waals surface area contributed by atoms with Gasteiger partial charge in [-0.3, -0.25) is 9.36 Å². The minimum atomic E-state index is -3.93. The van der Waals surface area contributed by atoms with Crippen LogP contribution in [-0.4, -0.2) is 29.1 Å². The highest BCUT2D eigenvalue weighted by Crippen LogP contribution is 2.31. The second-order valence-corrected chi connectivity index (χ2v) is 11.7. The molecular formula is C26H25ClFN5O3S2. The smallest absolute Gasteiger partial charge is 0.241 e. The first-order valence-electron chi connectivity index (χ1n) is 11.5. The van der Waals surface area contributed by atoms with Crippen molar-refractivity contribution >= 4 is 45.0 Å². The van der Waals surface area contributed by atoms with Crippen LogP contribution in [-0.2, 0) is 20.6 Å². The lowest BCUT2D eigenvalue weighted by Crippen LogP contribution is -2.29. The first-order valence-corrected chi connectivity index (χ1v) is 14.4. The summed E-state index contributed by atoms with van der Waals surface area (Å²) in [7, 11) is -3.93. The van der Waals surface area contributed by atoms with Crippen molar-refractivity contribution in [2.24, 2.45) is 0 Å². The maximum Gasteiger partial charge on any atom is 0.241 e. The molecular weight excluding hydrogens is 549 g/mol. The number of amides is 1. The predicted molar refractivity (Wildman–Crippen MR) is 147 cm³/mol. The van der Waals surface area contributed by atoms with Gasteiger partial charge in [-0.05, 0) is 73.5 Å². The summed E-state index contributed by atoms with van der Waals surface area (Å²) >= 11 is 7.69. The summed E-state index contributed by atoms with van der Waals surface area (Å²) in [6.07, 6.45) is 0. The second-order valence-electron chi connectivity index (χ2n) is 8.57. The highest BCUT2D eigenvalue weighted by molar-refractivity contribution is 7.98. The Hall–Kier alpha value is -3.25. The summed E-state index contributed by atoms with van der Waals surface area (Å²) in [6, 6.07) is 16.7. The second kappa shape index (κ2) is 11.6. The van der Waals surface area contributed by atoms with Gasteiger partial charge in [-0.25, -0.2) is 17.5 Å². The van der Waals surface area contributed by atoms with E-state index in [1.165, 1.54) is 55.1 Å². The van der Waals surface area contributed by atoms with Crippen molar-refractivity contribution in [3.05, 3.63) is 94.5 Å². The third-order valence-electron chi connectivity index (χ3n) is 5.56. The summed E-state index contributed by atoms with van der Waals surface area (Å²) < 4.78 is 44.1. The fourth-order valence-corrected chi connectivity index (χ4v) is 5.98. The number of aromatic nitrogens is 3. The summed E-state index contributed by atoms with van der Waals surface area (Å²) in [5.41, 5.74) is 2.99. The molecule has 0 aliphatic carbocycles. The van der Waals surface area contributed by atoms with Crippen molar-refractivity contribution in [2.75, 3.05) is 5.32 Å². The van der Waals surface area contributed by atoms with E-state index >= 15 is 0 Å². The van der Waals surface area contributed by atoms with E-state index in [0.29, 0.717) is 33.1 Å². The van der Waals surface area contributed by atoms with Gasteiger partial charge in [0.25, 0.3) is 0 Å². The zero-order chi connectivity index (χ0) is 27.4. The van der Waals surface area contributed by atoms with Crippen molar-refractivity contribution in [3.63, 3.8) is 0 Å². The number of hydrogen-bond acceptors (Lipinski definition) is 6. The molecule has 3 aromatic carbocycles. The number of benzene rings is 3. The van der Waals surface area contributed by atoms with Gasteiger partial charge in [0.1, 0.15) is 5.82 Å². The molecule has 4 rings (SSSR count). The molecule has 1 atom stereocenters. The van der Waals surface area contributed by atoms with Crippen LogP contribution >= 0.6 is 23.4 Å². The average molecular weight is 574 g/mol. The Balaban J connectivity index is 1.65. The highest BCUT2D eigenvalue weighted by atomic mass is 35.5. The van der Waals surface area contributed by atoms with E-state index in [9.17, 15) is 17.6 Å². The summed E-state index contributed by atoms with van der Waals surface area (Å²) in [5.74, 6) is 0.301. The molecule has 12 heteroatoms. The molecule has 0 saturated heterocycles. The largest absolute Gasteiger partial charge is 0.326 e. The summed E-state index contributed by atoms with van der Waals surface area (Å²) in [5, 5.41) is 12.3. The van der Waals surface area contributed by atoms with Gasteiger partial charge in [0, 0.05) is 23.4 Å². The van der Waals surface area contributed by atoms with Gasteiger partial charge in [0.15, 0.2) is 11.0 Å². The van der Waals surface area contributed by atoms with Gasteiger partial charge in [-0.1, -0.05) is 41.6 Å². The normalized spacial score (nSPS) is 12.3. The van der Waals surface area contributed by atoms with E-state index in [4.69, 9.17) is 11.6 Å². The van der Waals surface area contributed by atoms with E-state index in [1.54, 1.807) is 35.8 Å². The zero-order valence-corrected chi connectivity index (χ0v) is 23.2. The first kappa shape index (κ1) is 27.8. The molecule has 0 saturated carbocycles. The van der Waals surface area contributed by atoms with Crippen LogP contribution in [0.2, 0.25) is 5.02 Å². The molecule has 0 bridgehead atoms. The van der Waals surface area contributed by atoms with E-state index in [1.807, 2.05) is 13.0 Å². The van der Waals surface area contributed by atoms with E-state index in [0.717, 1.165) is 11.1 Å². The van der Waals surface area contributed by atoms with Crippen molar-refractivity contribution in [3.8, 4) is 5.69 Å². The number of sulfonamides is 1. The Kier molecular flexibility index (Phi) is 8.51. The van der Waals surface area contributed by atoms with Crippen LogP contribution in [0.15, 0.2) is 76.8 Å². The number of carbonyl (C=O) groups excluding carboxylic acids is 1. The zero-order valence-electron chi connectivity index (χ0n) is 20.8. The lowest BCUT2D eigenvalue weighted by Gasteiger charge is -2.18. The van der Waals surface area contributed by atoms with Gasteiger partial charge in [0.05, 0.1) is 16.6 Å². The highest BCUT2D eigenvalue weighted by Gasteiger charge is 2.25. The lowest BCUT2D eigenvalue weighted by atomic mass is 10.2. The first-order chi connectivity index (χ1) is 18.0. The van der Waals surface area contributed by atoms with Crippen LogP contribution in [0.4, 0.5) is 10.1 Å². The van der Waals surface area contributed by atoms with E-state index in [2.05, 4.69) is 20.2 Å². The standard InChI is InChI=1S/C26H25ClFN5O3S2/c1-16-4-7-20(27)14-24(16)33-25(30-31-26(33)37-15-19-5-8-21(28)9-6-19)17(2)32-38(35,36)23-12-10-22(11-13-23)29-18(3)34/h4-14,17,32H,15H2,1-3H3,(H,29,34). The number of nitrogens with one attached hydrogen (secondary N) is 2. The van der Waals surface area contributed by atoms with Crippen molar-refractivity contribution in [2.45, 2.75) is 42.6 Å². The van der Waals surface area contributed by atoms with Crippen molar-refractivity contribution in [1.82, 2.24) is 19.5 Å². The van der Waals surface area contributed by atoms with Crippen molar-refractivity contribution < 1.29 is 17.6 Å². The molecule has 1 aromatic heterocycles. The van der Waals surface area contributed by atoms with Gasteiger partial charge in [0.2, 0.25) is 15.9 Å². The number of carbonyl (C=O) groups is 1. The fraction of sp³-hybridized carbons (Fsp3) is 0.192. The monoisotopic (exact) mass is 573 g/mol. The maximum absolute atomic E-state index is 13.3. The number of thioether (sulfide) groups is 1. The average Bonchev–Trinajstić information content (AvgIpc) is 3.29. The van der Waals surface area contributed by atoms with Gasteiger partial charge < -0.3 is 5.32 Å². The SMILES string of the molecule is CC(=O)Nc1ccc(S(=O)(=O)NC(C)c2nnc(SCc3ccc(F)cc3)n2-c2cc(Cl)ccc2C)cc1. The summed E-state index contributed by atoms with van der Waals surface area (Å²) in [6.45, 7) is 4.96. The third-order valence-corrected chi connectivity index (χ3v) is 8.35. The predicted octanol–water partition coefficient (Wildman–Crippen LogP) is 5.66. The minimum Gasteiger partial charge on any atom is -0.326 e. The Morgan fingerprint density at radius 2 is 1.76 bits per heavy atom. The van der Waals surface area contributed by atoms with Crippen LogP contribution in [0.25, 0.3) is 5.69 Å². The Morgan fingerprint density at radius 3 is 2.42 bits per heavy atom. The number of rotatable bonds is 9. The molecule has 0 aliphatic rings. The number of anilines is 1. The quantitative estimate of drug-likeness (QED) is 0.250. The lowest BCUT2D eigenvalue weighted by molar-refractivity contribution is -0.114. The number of halogens is 2. The molecule has 1 heterocycles. The molecule has 0 spiro atoms. The Labute approximate surface area is 229 Å². The van der Waals surface area contributed by atoms with Gasteiger partial charge in [-0.2, -0.15) is 0 Å². The molecule has 1 amide bonds. The van der Waals surface area contributed by atoms with Crippen LogP contribution in [0.5, 0.6) is 0 Å². The molecule has 1 unspecified atom stereocenters. The summed E-state index contributed by atoms with van der Waals surface area (Å²) in [4.78, 5) is 11.3. The van der Waals surface area contributed by atoms with Gasteiger partial charge >= 0.3 is 0 Å². The van der Waals surface area contributed by atoms with Crippen molar-refractivity contribution in [1.29, 1.82) is 0 Å². The van der Waals surface area contributed by atoms with E-state index in [-0.39, 0.29) is 16.6 Å². The van der Waals surface area contributed by atoms with Crippen LogP contribution in [0, 0.1) is 12.7 Å². The Morgan fingerprint density at radius 1 is 1.08 bits per heavy atom. The molecule has 198 valence electrons. The number of nitrogens with zero attached hydrogens (tertiary/aromatic N) is 3. The molecule has 2 N–H and O–H groups in total. The Bertz CT molecular complexity index is 1560. The molecule has 0 aliphatic heterocycles. The molecule has 38 heavy (non-hydrogen) atoms. The molecule has 8 nitrogen and oxygen atoms in total. The maximum atomic E-state index is 13.3. The minimum absolute atomic E-state index is 0.0364. The third kappa shape index (κ3) is 6.60. The van der Waals surface area contributed by atoms with Crippen LogP contribution in [0.3, 0.4) is 0 Å². The molecule has 0 radical (unpaired) electrons. The number of hydrogen-bond donors (Lipinski definition) is 2. The van der Waals surface area contributed by atoms with Gasteiger partial charge in [-0.15, -0.1) is 10.2 Å². The molecule has 4 aromatic rings. The van der Waals surface area contributed by atoms with E-state index < -0.39 is 16.1 Å². The fourth-order valence-electron chi connectivity index (χ4n) is 3.71. The topological polar surface area (TPSA) is 106 Å². The molecule has 0 fully saturated rings.